The molecule has 2 heterocycles. The monoisotopic (exact) mass is 588 g/mol. The van der Waals surface area contributed by atoms with Crippen molar-refractivity contribution in [2.75, 3.05) is 26.7 Å². The van der Waals surface area contributed by atoms with Crippen LogP contribution >= 0.6 is 11.6 Å². The number of nitrogens with one attached hydrogen (secondary N) is 1. The number of aliphatic imine (C=N–C) groups is 1. The van der Waals surface area contributed by atoms with E-state index in [0.717, 1.165) is 10.6 Å². The Morgan fingerprint density at radius 3 is 2.56 bits per heavy atom. The van der Waals surface area contributed by atoms with E-state index in [2.05, 4.69) is 10.3 Å². The number of rotatable bonds is 10. The Morgan fingerprint density at radius 2 is 1.95 bits per heavy atom. The molecule has 2 aromatic rings. The quantitative estimate of drug-likeness (QED) is 0.309. The molecule has 0 radical (unpaired) electrons. The number of hydrogen-bond donors (Lipinski definition) is 4. The van der Waals surface area contributed by atoms with Crippen LogP contribution in [-0.4, -0.2) is 66.2 Å². The summed E-state index contributed by atoms with van der Waals surface area (Å²) >= 11 is 6.38. The number of ether oxygens (including phenoxy) is 1. The standard InChI is InChI=1S/C27H31ClF2N8O3/c1-3-34-11-21(31)19-10-17(8-9-20(19)28)22(14-41-27(33)40)38-24(39)23(35-26(38)32)16-6-4-15(5-7-16)18-12-36(2)37(13-18)25(29)30/h4-11,13,22-23,25,34H,3,12,14,31H2,1-2H3,(H2,32,35)(H2,33,40)/b21-11-/t22-,23-/m1/s1. The first-order valence-corrected chi connectivity index (χ1v) is 13.1. The Bertz CT molecular complexity index is 1400. The lowest BCUT2D eigenvalue weighted by Gasteiger charge is -2.28. The molecule has 0 aliphatic carbocycles. The van der Waals surface area contributed by atoms with Crippen molar-refractivity contribution < 1.29 is 23.1 Å². The number of amides is 2. The van der Waals surface area contributed by atoms with Gasteiger partial charge in [-0.05, 0) is 41.3 Å². The van der Waals surface area contributed by atoms with Gasteiger partial charge < -0.3 is 27.3 Å². The highest BCUT2D eigenvalue weighted by Gasteiger charge is 2.40. The van der Waals surface area contributed by atoms with Crippen LogP contribution < -0.4 is 22.5 Å². The van der Waals surface area contributed by atoms with Crippen LogP contribution in [0.15, 0.2) is 59.9 Å². The van der Waals surface area contributed by atoms with E-state index in [4.69, 9.17) is 33.5 Å². The second kappa shape index (κ2) is 12.4. The van der Waals surface area contributed by atoms with Gasteiger partial charge in [0, 0.05) is 43.1 Å². The molecule has 2 amide bonds. The first kappa shape index (κ1) is 29.6. The van der Waals surface area contributed by atoms with E-state index in [0.29, 0.717) is 46.1 Å². The Labute approximate surface area is 240 Å². The number of likely N-dealkylation sites (N-methyl/N-ethyl adjacent to an activating group) is 1. The number of primary amides is 1. The zero-order chi connectivity index (χ0) is 29.8. The normalized spacial score (nSPS) is 18.5. The summed E-state index contributed by atoms with van der Waals surface area (Å²) in [7, 11) is 1.57. The van der Waals surface area contributed by atoms with Gasteiger partial charge in [0.2, 0.25) is 0 Å². The molecule has 2 aliphatic heterocycles. The fraction of sp³-hybridized carbons (Fsp3) is 0.296. The van der Waals surface area contributed by atoms with Gasteiger partial charge in [-0.25, -0.2) is 14.8 Å². The topological polar surface area (TPSA) is 156 Å². The van der Waals surface area contributed by atoms with Gasteiger partial charge in [-0.15, -0.1) is 0 Å². The summed E-state index contributed by atoms with van der Waals surface area (Å²) < 4.78 is 31.5. The summed E-state index contributed by atoms with van der Waals surface area (Å²) in [5.41, 5.74) is 21.0. The van der Waals surface area contributed by atoms with Gasteiger partial charge in [-0.1, -0.05) is 41.9 Å². The maximum absolute atomic E-state index is 13.7. The van der Waals surface area contributed by atoms with E-state index in [9.17, 15) is 18.4 Å². The van der Waals surface area contributed by atoms with Crippen molar-refractivity contribution in [3.63, 3.8) is 0 Å². The average molecular weight is 589 g/mol. The number of carbonyl (C=O) groups is 2. The summed E-state index contributed by atoms with van der Waals surface area (Å²) in [4.78, 5) is 30.8. The van der Waals surface area contributed by atoms with Gasteiger partial charge in [-0.3, -0.25) is 14.7 Å². The molecule has 0 aromatic heterocycles. The summed E-state index contributed by atoms with van der Waals surface area (Å²) in [6.45, 7) is -0.0874. The zero-order valence-corrected chi connectivity index (χ0v) is 23.2. The Balaban J connectivity index is 1.62. The molecule has 7 N–H and O–H groups in total. The van der Waals surface area contributed by atoms with Crippen molar-refractivity contribution in [3.8, 4) is 0 Å². The first-order valence-electron chi connectivity index (χ1n) is 12.7. The number of nitrogens with two attached hydrogens (primary N) is 3. The molecule has 41 heavy (non-hydrogen) atoms. The molecule has 218 valence electrons. The van der Waals surface area contributed by atoms with Crippen molar-refractivity contribution in [3.05, 3.63) is 82.1 Å². The van der Waals surface area contributed by atoms with E-state index in [-0.39, 0.29) is 12.6 Å². The Kier molecular flexibility index (Phi) is 8.98. The molecule has 0 spiro atoms. The highest BCUT2D eigenvalue weighted by Crippen LogP contribution is 2.35. The third kappa shape index (κ3) is 6.36. The van der Waals surface area contributed by atoms with Crippen LogP contribution in [0.25, 0.3) is 11.3 Å². The van der Waals surface area contributed by atoms with Gasteiger partial charge in [0.15, 0.2) is 12.0 Å². The molecule has 0 bridgehead atoms. The van der Waals surface area contributed by atoms with Crippen LogP contribution in [-0.2, 0) is 9.53 Å². The molecule has 0 fully saturated rings. The minimum Gasteiger partial charge on any atom is -0.447 e. The van der Waals surface area contributed by atoms with Crippen molar-refractivity contribution >= 4 is 40.8 Å². The first-order chi connectivity index (χ1) is 19.5. The molecule has 0 unspecified atom stereocenters. The Hall–Kier alpha value is -4.36. The van der Waals surface area contributed by atoms with E-state index >= 15 is 0 Å². The highest BCUT2D eigenvalue weighted by molar-refractivity contribution is 6.32. The molecular formula is C27H31ClF2N8O3. The lowest BCUT2D eigenvalue weighted by molar-refractivity contribution is -0.129. The van der Waals surface area contributed by atoms with Crippen LogP contribution in [0.2, 0.25) is 5.02 Å². The van der Waals surface area contributed by atoms with Crippen molar-refractivity contribution in [2.24, 2.45) is 22.2 Å². The summed E-state index contributed by atoms with van der Waals surface area (Å²) in [5.74, 6) is -0.535. The molecule has 0 saturated carbocycles. The largest absolute Gasteiger partial charge is 0.447 e. The third-order valence-corrected chi connectivity index (χ3v) is 7.03. The maximum atomic E-state index is 13.7. The number of hydrogen-bond acceptors (Lipinski definition) is 9. The van der Waals surface area contributed by atoms with Gasteiger partial charge in [-0.2, -0.15) is 8.78 Å². The number of nitrogens with zero attached hydrogens (tertiary/aromatic N) is 4. The third-order valence-electron chi connectivity index (χ3n) is 6.70. The lowest BCUT2D eigenvalue weighted by atomic mass is 9.99. The second-order valence-corrected chi connectivity index (χ2v) is 9.80. The summed E-state index contributed by atoms with van der Waals surface area (Å²) in [6.07, 6.45) is 1.98. The molecule has 2 aliphatic rings. The summed E-state index contributed by atoms with van der Waals surface area (Å²) in [6, 6.07) is 9.99. The number of alkyl halides is 2. The smallest absolute Gasteiger partial charge is 0.404 e. The predicted molar refractivity (Wildman–Crippen MR) is 152 cm³/mol. The number of hydrazine groups is 1. The van der Waals surface area contributed by atoms with Crippen LogP contribution in [0, 0.1) is 0 Å². The van der Waals surface area contributed by atoms with Crippen LogP contribution in [0.5, 0.6) is 0 Å². The molecule has 2 aromatic carbocycles. The van der Waals surface area contributed by atoms with Gasteiger partial charge in [0.1, 0.15) is 6.61 Å². The molecular weight excluding hydrogens is 558 g/mol. The van der Waals surface area contributed by atoms with Gasteiger partial charge in [0.25, 0.3) is 5.91 Å². The minimum absolute atomic E-state index is 0.0810. The fourth-order valence-corrected chi connectivity index (χ4v) is 4.87. The highest BCUT2D eigenvalue weighted by atomic mass is 35.5. The van der Waals surface area contributed by atoms with Crippen LogP contribution in [0.1, 0.15) is 41.3 Å². The molecule has 2 atom stereocenters. The average Bonchev–Trinajstić information content (AvgIpc) is 3.47. The van der Waals surface area contributed by atoms with Crippen LogP contribution in [0.3, 0.4) is 0 Å². The van der Waals surface area contributed by atoms with Crippen molar-refractivity contribution in [1.29, 1.82) is 0 Å². The number of halogens is 3. The molecule has 4 rings (SSSR count). The zero-order valence-electron chi connectivity index (χ0n) is 22.4. The molecule has 11 nitrogen and oxygen atoms in total. The van der Waals surface area contributed by atoms with Crippen molar-refractivity contribution in [2.45, 2.75) is 25.6 Å². The second-order valence-electron chi connectivity index (χ2n) is 9.39. The van der Waals surface area contributed by atoms with E-state index in [1.54, 1.807) is 55.7 Å². The van der Waals surface area contributed by atoms with Crippen molar-refractivity contribution in [1.82, 2.24) is 20.2 Å². The lowest BCUT2D eigenvalue weighted by Crippen LogP contribution is -2.43. The number of guanidine groups is 1. The van der Waals surface area contributed by atoms with Gasteiger partial charge in [0.05, 0.1) is 11.7 Å². The predicted octanol–water partition coefficient (Wildman–Crippen LogP) is 2.97. The molecule has 0 saturated heterocycles. The van der Waals surface area contributed by atoms with Gasteiger partial charge >= 0.3 is 12.6 Å². The van der Waals surface area contributed by atoms with E-state index in [1.807, 2.05) is 6.92 Å². The minimum atomic E-state index is -2.65. The Morgan fingerprint density at radius 1 is 1.24 bits per heavy atom. The van der Waals surface area contributed by atoms with Crippen LogP contribution in [0.4, 0.5) is 13.6 Å². The number of carbonyl (C=O) groups excluding carboxylic acids is 2. The van der Waals surface area contributed by atoms with E-state index in [1.165, 1.54) is 16.1 Å². The molecule has 14 heteroatoms. The van der Waals surface area contributed by atoms with E-state index < -0.39 is 30.6 Å². The summed E-state index contributed by atoms with van der Waals surface area (Å²) in [5, 5.41) is 5.66. The fourth-order valence-electron chi connectivity index (χ4n) is 4.64. The SMILES string of the molecule is CCN/C=C(\N)c1cc([C@@H](COC(N)=O)N2C(=O)[C@@H](c3ccc(C4=CN(C(F)F)N(C)C4)cc3)N=C2N)ccc1Cl. The maximum Gasteiger partial charge on any atom is 0.404 e. The number of benzene rings is 2.